The average Bonchev–Trinajstić information content (AvgIpc) is 3.33. The summed E-state index contributed by atoms with van der Waals surface area (Å²) in [5.41, 5.74) is 2.09. The van der Waals surface area contributed by atoms with E-state index in [1.54, 1.807) is 18.5 Å². The van der Waals surface area contributed by atoms with Gasteiger partial charge in [-0.15, -0.1) is 0 Å². The maximum absolute atomic E-state index is 12.9. The molecule has 0 atom stereocenters. The molecular weight excluding hydrogens is 458 g/mol. The highest BCUT2D eigenvalue weighted by molar-refractivity contribution is 7.13. The highest BCUT2D eigenvalue weighted by Crippen LogP contribution is 2.30. The Bertz CT molecular complexity index is 1180. The zero-order chi connectivity index (χ0) is 24.2. The number of para-hydroxylation sites is 1. The maximum Gasteiger partial charge on any atom is 0.227 e. The number of rotatable bonds is 6. The Balaban J connectivity index is 1.13. The van der Waals surface area contributed by atoms with Gasteiger partial charge in [-0.25, -0.2) is 0 Å². The third-order valence-electron chi connectivity index (χ3n) is 7.31. The van der Waals surface area contributed by atoms with E-state index in [1.807, 2.05) is 23.1 Å². The number of nitrogens with one attached hydrogen (secondary N) is 1. The number of nitrogens with zero attached hydrogens (tertiary/aromatic N) is 4. The fourth-order valence-electron chi connectivity index (χ4n) is 5.11. The first-order valence-corrected chi connectivity index (χ1v) is 13.3. The molecule has 5 rings (SSSR count). The van der Waals surface area contributed by atoms with Crippen LogP contribution in [-0.2, 0) is 16.0 Å². The molecule has 184 valence electrons. The minimum Gasteiger partial charge on any atom is -0.353 e. The van der Waals surface area contributed by atoms with Crippen molar-refractivity contribution in [2.24, 2.45) is 5.92 Å². The Hall–Kier alpha value is -2.97. The van der Waals surface area contributed by atoms with E-state index in [2.05, 4.69) is 45.4 Å². The predicted octanol–water partition coefficient (Wildman–Crippen LogP) is 3.86. The second kappa shape index (κ2) is 10.7. The minimum absolute atomic E-state index is 0.0338. The van der Waals surface area contributed by atoms with Crippen LogP contribution in [-0.4, -0.2) is 71.8 Å². The molecule has 0 bridgehead atoms. The molecule has 35 heavy (non-hydrogen) atoms. The van der Waals surface area contributed by atoms with Crippen LogP contribution in [0.25, 0.3) is 10.1 Å². The van der Waals surface area contributed by atoms with Gasteiger partial charge < -0.3 is 15.1 Å². The van der Waals surface area contributed by atoms with E-state index < -0.39 is 0 Å². The van der Waals surface area contributed by atoms with Crippen LogP contribution in [0.1, 0.15) is 25.3 Å². The van der Waals surface area contributed by atoms with Crippen LogP contribution in [0.3, 0.4) is 0 Å². The average molecular weight is 492 g/mol. The van der Waals surface area contributed by atoms with Gasteiger partial charge in [-0.1, -0.05) is 30.3 Å². The van der Waals surface area contributed by atoms with Crippen LogP contribution in [0.2, 0.25) is 0 Å². The molecule has 3 aromatic rings. The molecule has 0 radical (unpaired) electrons. The van der Waals surface area contributed by atoms with Crippen LogP contribution >= 0.6 is 11.5 Å². The van der Waals surface area contributed by atoms with Crippen LogP contribution in [0, 0.1) is 5.92 Å². The number of likely N-dealkylation sites (tertiary alicyclic amines) is 1. The number of benzene rings is 2. The summed E-state index contributed by atoms with van der Waals surface area (Å²) < 4.78 is 5.96. The van der Waals surface area contributed by atoms with Crippen molar-refractivity contribution in [3.8, 4) is 0 Å². The van der Waals surface area contributed by atoms with Gasteiger partial charge in [0.2, 0.25) is 11.8 Å². The van der Waals surface area contributed by atoms with Crippen LogP contribution < -0.4 is 10.2 Å². The van der Waals surface area contributed by atoms with Crippen molar-refractivity contribution < 1.29 is 9.59 Å². The first-order chi connectivity index (χ1) is 17.1. The molecule has 2 saturated heterocycles. The molecule has 0 aliphatic carbocycles. The van der Waals surface area contributed by atoms with E-state index in [0.29, 0.717) is 13.1 Å². The first kappa shape index (κ1) is 23.8. The van der Waals surface area contributed by atoms with Gasteiger partial charge in [0, 0.05) is 69.7 Å². The van der Waals surface area contributed by atoms with E-state index >= 15 is 0 Å². The summed E-state index contributed by atoms with van der Waals surface area (Å²) in [5, 5.41) is 4.43. The molecule has 1 N–H and O–H groups in total. The third kappa shape index (κ3) is 5.49. The number of hydrogen-bond acceptors (Lipinski definition) is 6. The van der Waals surface area contributed by atoms with Gasteiger partial charge in [0.05, 0.1) is 4.70 Å². The van der Waals surface area contributed by atoms with Crippen LogP contribution in [0.5, 0.6) is 0 Å². The molecule has 7 nitrogen and oxygen atoms in total. The normalized spacial score (nSPS) is 17.6. The number of hydrogen-bond donors (Lipinski definition) is 1. The molecule has 2 aliphatic rings. The van der Waals surface area contributed by atoms with Crippen molar-refractivity contribution in [3.63, 3.8) is 0 Å². The molecular formula is C27H33N5O2S. The lowest BCUT2D eigenvalue weighted by Crippen LogP contribution is -2.47. The highest BCUT2D eigenvalue weighted by atomic mass is 32.1. The van der Waals surface area contributed by atoms with Crippen molar-refractivity contribution in [2.45, 2.75) is 26.2 Å². The van der Waals surface area contributed by atoms with Gasteiger partial charge >= 0.3 is 0 Å². The Morgan fingerprint density at radius 1 is 0.971 bits per heavy atom. The number of amides is 2. The monoisotopic (exact) mass is 491 g/mol. The van der Waals surface area contributed by atoms with Crippen LogP contribution in [0.15, 0.2) is 48.5 Å². The summed E-state index contributed by atoms with van der Waals surface area (Å²) in [6, 6.07) is 16.6. The Morgan fingerprint density at radius 2 is 1.69 bits per heavy atom. The van der Waals surface area contributed by atoms with Gasteiger partial charge in [0.25, 0.3) is 0 Å². The SMILES string of the molecule is CC(=O)N1CCC(C(=O)Nc2ccccc2CCN2CCN(c3nsc4ccccc34)CC2)CC1. The van der Waals surface area contributed by atoms with Crippen LogP contribution in [0.4, 0.5) is 11.5 Å². The largest absolute Gasteiger partial charge is 0.353 e. The van der Waals surface area contributed by atoms with E-state index in [9.17, 15) is 9.59 Å². The number of carbonyl (C=O) groups excluding carboxylic acids is 2. The lowest BCUT2D eigenvalue weighted by molar-refractivity contribution is -0.132. The standard InChI is InChI=1S/C27H33N5O2S/c1-20(33)31-14-11-22(12-15-31)27(34)28-24-8-4-2-6-21(24)10-13-30-16-18-32(19-17-30)26-23-7-3-5-9-25(23)35-29-26/h2-9,22H,10-19H2,1H3,(H,28,34). The topological polar surface area (TPSA) is 68.8 Å². The number of aromatic nitrogens is 1. The summed E-state index contributed by atoms with van der Waals surface area (Å²) in [6.07, 6.45) is 2.36. The number of carbonyl (C=O) groups is 2. The lowest BCUT2D eigenvalue weighted by atomic mass is 9.95. The Morgan fingerprint density at radius 3 is 2.46 bits per heavy atom. The van der Waals surface area contributed by atoms with Crippen molar-refractivity contribution in [1.82, 2.24) is 14.2 Å². The zero-order valence-corrected chi connectivity index (χ0v) is 21.1. The van der Waals surface area contributed by atoms with E-state index in [1.165, 1.54) is 15.6 Å². The molecule has 2 fully saturated rings. The fraction of sp³-hybridized carbons (Fsp3) is 0.444. The van der Waals surface area contributed by atoms with Crippen molar-refractivity contribution in [3.05, 3.63) is 54.1 Å². The molecule has 1 aromatic heterocycles. The van der Waals surface area contributed by atoms with Gasteiger partial charge in [-0.05, 0) is 54.6 Å². The molecule has 2 amide bonds. The number of fused-ring (bicyclic) bond motifs is 1. The Kier molecular flexibility index (Phi) is 7.29. The van der Waals surface area contributed by atoms with E-state index in [0.717, 1.165) is 63.5 Å². The third-order valence-corrected chi connectivity index (χ3v) is 8.13. The highest BCUT2D eigenvalue weighted by Gasteiger charge is 2.26. The number of anilines is 2. The predicted molar refractivity (Wildman–Crippen MR) is 142 cm³/mol. The van der Waals surface area contributed by atoms with Gasteiger partial charge in [0.1, 0.15) is 5.82 Å². The number of piperazine rings is 1. The van der Waals surface area contributed by atoms with Crippen molar-refractivity contribution in [2.75, 3.05) is 56.0 Å². The van der Waals surface area contributed by atoms with E-state index in [4.69, 9.17) is 4.37 Å². The smallest absolute Gasteiger partial charge is 0.227 e. The maximum atomic E-state index is 12.9. The Labute approximate surface area is 210 Å². The second-order valence-corrected chi connectivity index (χ2v) is 10.3. The second-order valence-electron chi connectivity index (χ2n) is 9.51. The summed E-state index contributed by atoms with van der Waals surface area (Å²) in [6.45, 7) is 7.86. The summed E-state index contributed by atoms with van der Waals surface area (Å²) in [7, 11) is 0. The van der Waals surface area contributed by atoms with Gasteiger partial charge in [-0.3, -0.25) is 14.5 Å². The quantitative estimate of drug-likeness (QED) is 0.567. The van der Waals surface area contributed by atoms with Crippen molar-refractivity contribution in [1.29, 1.82) is 0 Å². The minimum atomic E-state index is -0.0338. The summed E-state index contributed by atoms with van der Waals surface area (Å²) in [4.78, 5) is 31.2. The summed E-state index contributed by atoms with van der Waals surface area (Å²) >= 11 is 1.58. The fourth-order valence-corrected chi connectivity index (χ4v) is 5.91. The van der Waals surface area contributed by atoms with Gasteiger partial charge in [0.15, 0.2) is 0 Å². The molecule has 0 unspecified atom stereocenters. The van der Waals surface area contributed by atoms with Crippen molar-refractivity contribution >= 4 is 44.9 Å². The summed E-state index contributed by atoms with van der Waals surface area (Å²) in [5.74, 6) is 1.25. The van der Waals surface area contributed by atoms with Gasteiger partial charge in [-0.2, -0.15) is 4.37 Å². The first-order valence-electron chi connectivity index (χ1n) is 12.5. The van der Waals surface area contributed by atoms with E-state index in [-0.39, 0.29) is 17.7 Å². The molecule has 8 heteroatoms. The molecule has 2 aromatic carbocycles. The lowest BCUT2D eigenvalue weighted by Gasteiger charge is -2.35. The number of piperidine rings is 1. The molecule has 2 aliphatic heterocycles. The molecule has 0 spiro atoms. The molecule has 3 heterocycles. The zero-order valence-electron chi connectivity index (χ0n) is 20.3. The molecule has 0 saturated carbocycles.